The molecule has 122 valence electrons. The first kappa shape index (κ1) is 14.4. The van der Waals surface area contributed by atoms with E-state index in [2.05, 4.69) is 19.9 Å². The van der Waals surface area contributed by atoms with Crippen LogP contribution in [0.5, 0.6) is 5.88 Å². The lowest BCUT2D eigenvalue weighted by molar-refractivity contribution is -0.383. The van der Waals surface area contributed by atoms with Gasteiger partial charge in [-0.1, -0.05) is 0 Å². The van der Waals surface area contributed by atoms with Crippen molar-refractivity contribution in [2.45, 2.75) is 38.4 Å². The molecule has 0 amide bonds. The van der Waals surface area contributed by atoms with Crippen LogP contribution >= 0.6 is 0 Å². The average molecular weight is 318 g/mol. The van der Waals surface area contributed by atoms with Crippen LogP contribution < -0.4 is 9.64 Å². The molecule has 0 saturated carbocycles. The van der Waals surface area contributed by atoms with Gasteiger partial charge < -0.3 is 23.5 Å². The topological polar surface area (TPSA) is 82.7 Å². The van der Waals surface area contributed by atoms with E-state index in [1.54, 1.807) is 24.9 Å². The summed E-state index contributed by atoms with van der Waals surface area (Å²) in [5, 5.41) is 0. The van der Waals surface area contributed by atoms with Crippen molar-refractivity contribution in [2.24, 2.45) is 0 Å². The Hall–Kier alpha value is -2.19. The Morgan fingerprint density at radius 3 is 2.74 bits per heavy atom. The molecule has 2 aliphatic heterocycles. The number of hydrogen-bond donors (Lipinski definition) is 0. The minimum Gasteiger partial charge on any atom is -0.473 e. The van der Waals surface area contributed by atoms with Crippen molar-refractivity contribution in [2.75, 3.05) is 18.0 Å². The van der Waals surface area contributed by atoms with Crippen LogP contribution in [0.15, 0.2) is 29.3 Å². The lowest BCUT2D eigenvalue weighted by Crippen LogP contribution is -2.38. The molecule has 2 aromatic heterocycles. The zero-order valence-electron chi connectivity index (χ0n) is 12.8. The number of rotatable bonds is 4. The number of ether oxygens (including phenoxy) is 3. The van der Waals surface area contributed by atoms with Gasteiger partial charge in [-0.2, -0.15) is 4.98 Å². The third-order valence-electron chi connectivity index (χ3n) is 3.92. The van der Waals surface area contributed by atoms with Crippen LogP contribution in [-0.2, 0) is 9.47 Å². The molecule has 23 heavy (non-hydrogen) atoms. The van der Waals surface area contributed by atoms with E-state index in [-0.39, 0.29) is 12.4 Å². The number of nitrogens with zero attached hydrogens (tertiary/aromatic N) is 4. The summed E-state index contributed by atoms with van der Waals surface area (Å²) in [6.45, 7) is 3.47. The Labute approximate surface area is 133 Å². The van der Waals surface area contributed by atoms with Crippen LogP contribution in [0.4, 0.5) is 6.01 Å². The Kier molecular flexibility index (Phi) is 3.84. The molecule has 2 saturated heterocycles. The molecule has 8 nitrogen and oxygen atoms in total. The van der Waals surface area contributed by atoms with E-state index < -0.39 is 6.29 Å². The molecule has 4 rings (SSSR count). The van der Waals surface area contributed by atoms with Crippen molar-refractivity contribution in [1.29, 1.82) is 0 Å². The van der Waals surface area contributed by atoms with Crippen molar-refractivity contribution in [3.05, 3.63) is 30.5 Å². The zero-order chi connectivity index (χ0) is 15.6. The fourth-order valence-electron chi connectivity index (χ4n) is 2.71. The van der Waals surface area contributed by atoms with Crippen LogP contribution in [-0.4, -0.2) is 40.4 Å². The van der Waals surface area contributed by atoms with Gasteiger partial charge in [0.25, 0.3) is 6.01 Å². The predicted molar refractivity (Wildman–Crippen MR) is 78.8 cm³/mol. The number of hydrogen-bond acceptors (Lipinski definition) is 8. The molecule has 4 heterocycles. The first-order valence-corrected chi connectivity index (χ1v) is 7.72. The van der Waals surface area contributed by atoms with Gasteiger partial charge in [0.1, 0.15) is 18.1 Å². The molecule has 8 heteroatoms. The summed E-state index contributed by atoms with van der Waals surface area (Å²) in [5.74, 6) is 0.567. The van der Waals surface area contributed by atoms with Crippen LogP contribution in [0.25, 0.3) is 0 Å². The van der Waals surface area contributed by atoms with Gasteiger partial charge in [0.15, 0.2) is 6.29 Å². The monoisotopic (exact) mass is 318 g/mol. The third-order valence-corrected chi connectivity index (χ3v) is 3.92. The minimum absolute atomic E-state index is 0.136. The van der Waals surface area contributed by atoms with Gasteiger partial charge in [-0.05, 0) is 6.92 Å². The highest BCUT2D eigenvalue weighted by molar-refractivity contribution is 5.28. The maximum atomic E-state index is 5.83. The number of piperidine rings is 1. The third kappa shape index (κ3) is 3.13. The van der Waals surface area contributed by atoms with Crippen molar-refractivity contribution in [1.82, 2.24) is 15.0 Å². The maximum Gasteiger partial charge on any atom is 0.297 e. The van der Waals surface area contributed by atoms with Crippen molar-refractivity contribution in [3.63, 3.8) is 0 Å². The van der Waals surface area contributed by atoms with E-state index in [4.69, 9.17) is 18.6 Å². The molecule has 0 aliphatic carbocycles. The molecular weight excluding hydrogens is 300 g/mol. The SMILES string of the molecule is CC1OC(c2coc(N3CCC(Oc4cnccn4)CC3)n2)O1. The lowest BCUT2D eigenvalue weighted by Gasteiger charge is -2.32. The normalized spacial score (nSPS) is 25.2. The van der Waals surface area contributed by atoms with Gasteiger partial charge in [0.2, 0.25) is 12.2 Å². The van der Waals surface area contributed by atoms with Crippen molar-refractivity contribution in [3.8, 4) is 5.88 Å². The smallest absolute Gasteiger partial charge is 0.297 e. The Morgan fingerprint density at radius 1 is 1.22 bits per heavy atom. The molecule has 0 atom stereocenters. The average Bonchev–Trinajstić information content (AvgIpc) is 3.03. The molecule has 0 spiro atoms. The van der Waals surface area contributed by atoms with Gasteiger partial charge in [-0.3, -0.25) is 4.98 Å². The molecule has 0 radical (unpaired) electrons. The minimum atomic E-state index is -0.403. The largest absolute Gasteiger partial charge is 0.473 e. The first-order valence-electron chi connectivity index (χ1n) is 7.72. The summed E-state index contributed by atoms with van der Waals surface area (Å²) in [7, 11) is 0. The first-order chi connectivity index (χ1) is 11.3. The van der Waals surface area contributed by atoms with Crippen LogP contribution in [0, 0.1) is 0 Å². The summed E-state index contributed by atoms with van der Waals surface area (Å²) in [4.78, 5) is 14.7. The predicted octanol–water partition coefficient (Wildman–Crippen LogP) is 1.90. The van der Waals surface area contributed by atoms with E-state index in [0.717, 1.165) is 25.9 Å². The van der Waals surface area contributed by atoms with Crippen LogP contribution in [0.2, 0.25) is 0 Å². The molecule has 2 aromatic rings. The molecule has 0 N–H and O–H groups in total. The Bertz CT molecular complexity index is 636. The van der Waals surface area contributed by atoms with Crippen LogP contribution in [0.1, 0.15) is 31.7 Å². The molecular formula is C15H18N4O4. The van der Waals surface area contributed by atoms with Crippen molar-refractivity contribution >= 4 is 6.01 Å². The standard InChI is InChI=1S/C15H18N4O4/c1-10-21-14(22-10)12-9-20-15(18-12)19-6-2-11(3-7-19)23-13-8-16-4-5-17-13/h4-5,8-11,14H,2-3,6-7H2,1H3. The van der Waals surface area contributed by atoms with Gasteiger partial charge in [0.05, 0.1) is 6.20 Å². The molecule has 2 aliphatic rings. The summed E-state index contributed by atoms with van der Waals surface area (Å²) in [6, 6.07) is 0.602. The second-order valence-electron chi connectivity index (χ2n) is 5.57. The molecule has 0 bridgehead atoms. The number of oxazole rings is 1. The van der Waals surface area contributed by atoms with Gasteiger partial charge >= 0.3 is 0 Å². The highest BCUT2D eigenvalue weighted by Gasteiger charge is 2.32. The van der Waals surface area contributed by atoms with E-state index in [1.165, 1.54) is 0 Å². The summed E-state index contributed by atoms with van der Waals surface area (Å²) < 4.78 is 22.2. The van der Waals surface area contributed by atoms with E-state index in [1.807, 2.05) is 6.92 Å². The van der Waals surface area contributed by atoms with E-state index in [0.29, 0.717) is 17.6 Å². The molecule has 0 aromatic carbocycles. The van der Waals surface area contributed by atoms with Crippen molar-refractivity contribution < 1.29 is 18.6 Å². The lowest BCUT2D eigenvalue weighted by atomic mass is 10.1. The number of aromatic nitrogens is 3. The fraction of sp³-hybridized carbons (Fsp3) is 0.533. The highest BCUT2D eigenvalue weighted by atomic mass is 16.9. The van der Waals surface area contributed by atoms with E-state index >= 15 is 0 Å². The van der Waals surface area contributed by atoms with E-state index in [9.17, 15) is 0 Å². The second kappa shape index (κ2) is 6.13. The number of anilines is 1. The van der Waals surface area contributed by atoms with Gasteiger partial charge in [0, 0.05) is 38.3 Å². The van der Waals surface area contributed by atoms with Gasteiger partial charge in [-0.15, -0.1) is 0 Å². The Balaban J connectivity index is 1.31. The maximum absolute atomic E-state index is 5.83. The van der Waals surface area contributed by atoms with Gasteiger partial charge in [-0.25, -0.2) is 4.98 Å². The Morgan fingerprint density at radius 2 is 2.04 bits per heavy atom. The molecule has 2 fully saturated rings. The second-order valence-corrected chi connectivity index (χ2v) is 5.57. The summed E-state index contributed by atoms with van der Waals surface area (Å²) in [6.07, 6.45) is 7.80. The molecule has 0 unspecified atom stereocenters. The fourth-order valence-corrected chi connectivity index (χ4v) is 2.71. The highest BCUT2D eigenvalue weighted by Crippen LogP contribution is 2.32. The quantitative estimate of drug-likeness (QED) is 0.845. The summed E-state index contributed by atoms with van der Waals surface area (Å²) in [5.41, 5.74) is 0.677. The van der Waals surface area contributed by atoms with Crippen LogP contribution in [0.3, 0.4) is 0 Å². The summed E-state index contributed by atoms with van der Waals surface area (Å²) >= 11 is 0. The zero-order valence-corrected chi connectivity index (χ0v) is 12.8.